The molecule has 0 fully saturated rings. The first-order valence-electron chi connectivity index (χ1n) is 8.32. The quantitative estimate of drug-likeness (QED) is 0.806. The van der Waals surface area contributed by atoms with Gasteiger partial charge in [-0.2, -0.15) is 5.26 Å². The minimum atomic E-state index is 0.00625. The molecule has 0 aliphatic carbocycles. The zero-order valence-electron chi connectivity index (χ0n) is 14.2. The molecule has 124 valence electrons. The van der Waals surface area contributed by atoms with E-state index in [2.05, 4.69) is 42.7 Å². The van der Waals surface area contributed by atoms with Gasteiger partial charge in [-0.05, 0) is 48.2 Å². The third-order valence-corrected chi connectivity index (χ3v) is 3.96. The van der Waals surface area contributed by atoms with E-state index in [9.17, 15) is 4.79 Å². The highest BCUT2D eigenvalue weighted by atomic mass is 16.1. The largest absolute Gasteiger partial charge is 0.385 e. The number of carbonyl (C=O) groups excluding carboxylic acids is 1. The van der Waals surface area contributed by atoms with Crippen LogP contribution in [-0.2, 0) is 17.6 Å². The maximum Gasteiger partial charge on any atom is 0.226 e. The van der Waals surface area contributed by atoms with E-state index in [1.807, 2.05) is 18.2 Å². The van der Waals surface area contributed by atoms with Crippen molar-refractivity contribution >= 4 is 17.3 Å². The molecular formula is C20H23N3O. The smallest absolute Gasteiger partial charge is 0.226 e. The molecule has 4 nitrogen and oxygen atoms in total. The van der Waals surface area contributed by atoms with Gasteiger partial charge in [0.15, 0.2) is 0 Å². The summed E-state index contributed by atoms with van der Waals surface area (Å²) in [6.07, 6.45) is 2.18. The van der Waals surface area contributed by atoms with Crippen LogP contribution < -0.4 is 10.6 Å². The number of hydrogen-bond acceptors (Lipinski definition) is 3. The molecule has 2 rings (SSSR count). The molecule has 0 bridgehead atoms. The van der Waals surface area contributed by atoms with Crippen molar-refractivity contribution in [3.63, 3.8) is 0 Å². The van der Waals surface area contributed by atoms with Crippen molar-refractivity contribution in [2.45, 2.75) is 33.1 Å². The Morgan fingerprint density at radius 3 is 2.21 bits per heavy atom. The third kappa shape index (κ3) is 4.60. The summed E-state index contributed by atoms with van der Waals surface area (Å²) in [7, 11) is 0. The predicted molar refractivity (Wildman–Crippen MR) is 98.1 cm³/mol. The molecule has 2 N–H and O–H groups in total. The van der Waals surface area contributed by atoms with Crippen molar-refractivity contribution in [3.8, 4) is 6.07 Å². The Bertz CT molecular complexity index is 707. The van der Waals surface area contributed by atoms with Crippen LogP contribution in [0.3, 0.4) is 0 Å². The van der Waals surface area contributed by atoms with E-state index in [0.717, 1.165) is 24.2 Å². The number of nitrogens with zero attached hydrogens (tertiary/aromatic N) is 1. The van der Waals surface area contributed by atoms with Crippen LogP contribution in [0.4, 0.5) is 11.4 Å². The summed E-state index contributed by atoms with van der Waals surface area (Å²) in [5.41, 5.74) is 4.84. The van der Waals surface area contributed by atoms with Crippen LogP contribution in [0.15, 0.2) is 42.5 Å². The van der Waals surface area contributed by atoms with Gasteiger partial charge in [-0.15, -0.1) is 0 Å². The summed E-state index contributed by atoms with van der Waals surface area (Å²) in [5.74, 6) is 0.00625. The molecule has 0 radical (unpaired) electrons. The maximum absolute atomic E-state index is 12.2. The van der Waals surface area contributed by atoms with Crippen LogP contribution in [0.2, 0.25) is 0 Å². The highest BCUT2D eigenvalue weighted by Crippen LogP contribution is 2.22. The van der Waals surface area contributed by atoms with E-state index in [0.29, 0.717) is 18.5 Å². The predicted octanol–water partition coefficient (Wildman–Crippen LogP) is 4.12. The Hall–Kier alpha value is -2.80. The lowest BCUT2D eigenvalue weighted by atomic mass is 10.0. The van der Waals surface area contributed by atoms with E-state index in [4.69, 9.17) is 5.26 Å². The van der Waals surface area contributed by atoms with Gasteiger partial charge in [-0.1, -0.05) is 32.0 Å². The number of aryl methyl sites for hydroxylation is 2. The molecule has 0 unspecified atom stereocenters. The Morgan fingerprint density at radius 1 is 1.04 bits per heavy atom. The van der Waals surface area contributed by atoms with Gasteiger partial charge in [0.1, 0.15) is 0 Å². The average Bonchev–Trinajstić information content (AvgIpc) is 2.62. The summed E-state index contributed by atoms with van der Waals surface area (Å²) in [6.45, 7) is 4.74. The number of nitriles is 1. The van der Waals surface area contributed by atoms with E-state index in [1.165, 1.54) is 11.1 Å². The second-order valence-electron chi connectivity index (χ2n) is 5.57. The van der Waals surface area contributed by atoms with Crippen LogP contribution in [0.1, 0.15) is 37.0 Å². The number of carbonyl (C=O) groups is 1. The standard InChI is InChI=1S/C20H23N3O/c1-3-16-6-5-7-17(4-2)20(16)23-19(24)12-13-22-18-10-8-15(14-21)9-11-18/h5-11,22H,3-4,12-13H2,1-2H3,(H,23,24). The van der Waals surface area contributed by atoms with Gasteiger partial charge in [0, 0.05) is 24.3 Å². The molecule has 0 heterocycles. The van der Waals surface area contributed by atoms with Gasteiger partial charge in [-0.25, -0.2) is 0 Å². The third-order valence-electron chi connectivity index (χ3n) is 3.96. The minimum absolute atomic E-state index is 0.00625. The molecule has 2 aromatic carbocycles. The highest BCUT2D eigenvalue weighted by molar-refractivity contribution is 5.92. The van der Waals surface area contributed by atoms with Crippen molar-refractivity contribution in [1.82, 2.24) is 0 Å². The first-order chi connectivity index (χ1) is 11.7. The number of benzene rings is 2. The lowest BCUT2D eigenvalue weighted by Crippen LogP contribution is -2.18. The second-order valence-corrected chi connectivity index (χ2v) is 5.57. The van der Waals surface area contributed by atoms with Crippen molar-refractivity contribution < 1.29 is 4.79 Å². The van der Waals surface area contributed by atoms with E-state index >= 15 is 0 Å². The fourth-order valence-electron chi connectivity index (χ4n) is 2.59. The Morgan fingerprint density at radius 2 is 1.67 bits per heavy atom. The minimum Gasteiger partial charge on any atom is -0.385 e. The van der Waals surface area contributed by atoms with Crippen molar-refractivity contribution in [2.24, 2.45) is 0 Å². The van der Waals surface area contributed by atoms with Crippen LogP contribution in [0.25, 0.3) is 0 Å². The fourth-order valence-corrected chi connectivity index (χ4v) is 2.59. The summed E-state index contributed by atoms with van der Waals surface area (Å²) >= 11 is 0. The lowest BCUT2D eigenvalue weighted by Gasteiger charge is -2.14. The number of anilines is 2. The van der Waals surface area contributed by atoms with Gasteiger partial charge < -0.3 is 10.6 Å². The molecule has 4 heteroatoms. The summed E-state index contributed by atoms with van der Waals surface area (Å²) < 4.78 is 0. The van der Waals surface area contributed by atoms with E-state index in [-0.39, 0.29) is 5.91 Å². The second kappa shape index (κ2) is 8.73. The molecular weight excluding hydrogens is 298 g/mol. The Kier molecular flexibility index (Phi) is 6.39. The number of hydrogen-bond donors (Lipinski definition) is 2. The molecule has 0 spiro atoms. The fraction of sp³-hybridized carbons (Fsp3) is 0.300. The van der Waals surface area contributed by atoms with Crippen molar-refractivity contribution in [1.29, 1.82) is 5.26 Å². The van der Waals surface area contributed by atoms with Crippen molar-refractivity contribution in [2.75, 3.05) is 17.2 Å². The van der Waals surface area contributed by atoms with Crippen molar-refractivity contribution in [3.05, 3.63) is 59.2 Å². The lowest BCUT2D eigenvalue weighted by molar-refractivity contribution is -0.115. The molecule has 0 aliphatic heterocycles. The summed E-state index contributed by atoms with van der Waals surface area (Å²) in [4.78, 5) is 12.2. The zero-order valence-corrected chi connectivity index (χ0v) is 14.2. The van der Waals surface area contributed by atoms with Gasteiger partial charge in [0.25, 0.3) is 0 Å². The monoisotopic (exact) mass is 321 g/mol. The van der Waals surface area contributed by atoms with E-state index in [1.54, 1.807) is 12.1 Å². The maximum atomic E-state index is 12.2. The van der Waals surface area contributed by atoms with Crippen LogP contribution in [0, 0.1) is 11.3 Å². The van der Waals surface area contributed by atoms with Gasteiger partial charge in [-0.3, -0.25) is 4.79 Å². The molecule has 1 amide bonds. The first kappa shape index (κ1) is 17.6. The molecule has 0 saturated heterocycles. The number of amides is 1. The highest BCUT2D eigenvalue weighted by Gasteiger charge is 2.09. The topological polar surface area (TPSA) is 64.9 Å². The van der Waals surface area contributed by atoms with Crippen LogP contribution >= 0.6 is 0 Å². The van der Waals surface area contributed by atoms with Gasteiger partial charge >= 0.3 is 0 Å². The molecule has 0 atom stereocenters. The zero-order chi connectivity index (χ0) is 17.4. The van der Waals surface area contributed by atoms with Gasteiger partial charge in [0.2, 0.25) is 5.91 Å². The summed E-state index contributed by atoms with van der Waals surface area (Å²) in [5, 5.41) is 15.0. The average molecular weight is 321 g/mol. The van der Waals surface area contributed by atoms with Gasteiger partial charge in [0.05, 0.1) is 11.6 Å². The number of para-hydroxylation sites is 1. The van der Waals surface area contributed by atoms with Crippen LogP contribution in [-0.4, -0.2) is 12.5 Å². The summed E-state index contributed by atoms with van der Waals surface area (Å²) in [6, 6.07) is 15.5. The van der Waals surface area contributed by atoms with E-state index < -0.39 is 0 Å². The Balaban J connectivity index is 1.90. The Labute approximate surface area is 143 Å². The molecule has 24 heavy (non-hydrogen) atoms. The number of rotatable bonds is 7. The molecule has 0 aromatic heterocycles. The molecule has 0 saturated carbocycles. The molecule has 2 aromatic rings. The first-order valence-corrected chi connectivity index (χ1v) is 8.32. The SMILES string of the molecule is CCc1cccc(CC)c1NC(=O)CCNc1ccc(C#N)cc1. The number of nitrogens with one attached hydrogen (secondary N) is 2. The normalized spacial score (nSPS) is 10.0. The van der Waals surface area contributed by atoms with Crippen LogP contribution in [0.5, 0.6) is 0 Å². The molecule has 0 aliphatic rings.